The molecule has 1 aromatic carbocycles. The van der Waals surface area contributed by atoms with Crippen LogP contribution < -0.4 is 4.90 Å². The highest BCUT2D eigenvalue weighted by Crippen LogP contribution is 2.31. The molecule has 3 nitrogen and oxygen atoms in total. The predicted molar refractivity (Wildman–Crippen MR) is 105 cm³/mol. The van der Waals surface area contributed by atoms with Gasteiger partial charge in [0.1, 0.15) is 6.29 Å². The van der Waals surface area contributed by atoms with Crippen molar-refractivity contribution in [1.29, 1.82) is 0 Å². The molecular weight excluding hydrogens is 308 g/mol. The number of piperidine rings is 1. The average molecular weight is 338 g/mol. The topological polar surface area (TPSA) is 33.2 Å². The van der Waals surface area contributed by atoms with Crippen molar-refractivity contribution < 1.29 is 4.79 Å². The SMILES string of the molecule is CCCCC=O.Cc1cnccc1N1CCC(c2ccccc2)CC1. The summed E-state index contributed by atoms with van der Waals surface area (Å²) in [6.07, 6.45) is 10.2. The largest absolute Gasteiger partial charge is 0.371 e. The number of aryl methyl sites for hydroxylation is 1. The first-order valence-corrected chi connectivity index (χ1v) is 9.40. The minimum absolute atomic E-state index is 0.722. The van der Waals surface area contributed by atoms with E-state index in [4.69, 9.17) is 0 Å². The molecule has 1 aliphatic heterocycles. The molecule has 1 aromatic heterocycles. The normalized spacial score (nSPS) is 14.6. The number of anilines is 1. The van der Waals surface area contributed by atoms with E-state index in [2.05, 4.69) is 60.1 Å². The van der Waals surface area contributed by atoms with E-state index in [1.54, 1.807) is 0 Å². The van der Waals surface area contributed by atoms with Crippen molar-refractivity contribution in [3.63, 3.8) is 0 Å². The molecule has 3 heteroatoms. The number of rotatable bonds is 5. The molecule has 0 unspecified atom stereocenters. The Bertz CT molecular complexity index is 619. The van der Waals surface area contributed by atoms with Crippen LogP contribution in [0.25, 0.3) is 0 Å². The Hall–Kier alpha value is -2.16. The van der Waals surface area contributed by atoms with Crippen LogP contribution in [0.3, 0.4) is 0 Å². The van der Waals surface area contributed by atoms with Crippen molar-refractivity contribution >= 4 is 12.0 Å². The van der Waals surface area contributed by atoms with E-state index >= 15 is 0 Å². The van der Waals surface area contributed by atoms with E-state index in [9.17, 15) is 4.79 Å². The van der Waals surface area contributed by atoms with E-state index < -0.39 is 0 Å². The van der Waals surface area contributed by atoms with Crippen LogP contribution in [0.5, 0.6) is 0 Å². The van der Waals surface area contributed by atoms with E-state index in [1.807, 2.05) is 12.4 Å². The van der Waals surface area contributed by atoms with Crippen molar-refractivity contribution in [3.05, 3.63) is 59.9 Å². The second-order valence-corrected chi connectivity index (χ2v) is 6.64. The summed E-state index contributed by atoms with van der Waals surface area (Å²) in [7, 11) is 0. The lowest BCUT2D eigenvalue weighted by Gasteiger charge is -2.34. The molecule has 0 bridgehead atoms. The highest BCUT2D eigenvalue weighted by Gasteiger charge is 2.21. The van der Waals surface area contributed by atoms with Crippen LogP contribution in [0.1, 0.15) is 56.1 Å². The molecule has 0 atom stereocenters. The number of benzene rings is 1. The maximum atomic E-state index is 9.56. The molecule has 3 rings (SSSR count). The van der Waals surface area contributed by atoms with Gasteiger partial charge >= 0.3 is 0 Å². The Kier molecular flexibility index (Phi) is 8.17. The Labute approximate surface area is 152 Å². The Morgan fingerprint density at radius 3 is 2.44 bits per heavy atom. The van der Waals surface area contributed by atoms with Crippen molar-refractivity contribution in [2.24, 2.45) is 0 Å². The number of carbonyl (C=O) groups is 1. The molecular formula is C22H30N2O. The minimum Gasteiger partial charge on any atom is -0.371 e. The van der Waals surface area contributed by atoms with Crippen LogP contribution in [0.15, 0.2) is 48.8 Å². The van der Waals surface area contributed by atoms with Crippen LogP contribution >= 0.6 is 0 Å². The number of unbranched alkanes of at least 4 members (excludes halogenated alkanes) is 2. The van der Waals surface area contributed by atoms with Crippen LogP contribution in [-0.4, -0.2) is 24.4 Å². The lowest BCUT2D eigenvalue weighted by Crippen LogP contribution is -2.33. The predicted octanol–water partition coefficient (Wildman–Crippen LogP) is 5.15. The van der Waals surface area contributed by atoms with E-state index in [1.165, 1.54) is 29.7 Å². The number of hydrogen-bond donors (Lipinski definition) is 0. The minimum atomic E-state index is 0.722. The second-order valence-electron chi connectivity index (χ2n) is 6.64. The lowest BCUT2D eigenvalue weighted by atomic mass is 9.89. The third-order valence-corrected chi connectivity index (χ3v) is 4.77. The molecule has 0 saturated carbocycles. The Morgan fingerprint density at radius 2 is 1.88 bits per heavy atom. The summed E-state index contributed by atoms with van der Waals surface area (Å²) in [5.74, 6) is 0.722. The molecule has 0 amide bonds. The molecule has 1 aliphatic rings. The third kappa shape index (κ3) is 6.00. The number of pyridine rings is 1. The monoisotopic (exact) mass is 338 g/mol. The average Bonchev–Trinajstić information content (AvgIpc) is 2.68. The molecule has 2 heterocycles. The van der Waals surface area contributed by atoms with Crippen molar-refractivity contribution in [3.8, 4) is 0 Å². The molecule has 2 aromatic rings. The molecule has 1 saturated heterocycles. The molecule has 0 spiro atoms. The smallest absolute Gasteiger partial charge is 0.119 e. The Morgan fingerprint density at radius 1 is 1.16 bits per heavy atom. The fourth-order valence-corrected chi connectivity index (χ4v) is 3.29. The molecule has 0 radical (unpaired) electrons. The maximum Gasteiger partial charge on any atom is 0.119 e. The zero-order chi connectivity index (χ0) is 17.9. The molecule has 25 heavy (non-hydrogen) atoms. The van der Waals surface area contributed by atoms with E-state index in [0.29, 0.717) is 0 Å². The quantitative estimate of drug-likeness (QED) is 0.558. The fourth-order valence-electron chi connectivity index (χ4n) is 3.29. The summed E-state index contributed by atoms with van der Waals surface area (Å²) in [6.45, 7) is 6.50. The van der Waals surface area contributed by atoms with Gasteiger partial charge in [0.2, 0.25) is 0 Å². The van der Waals surface area contributed by atoms with Crippen LogP contribution in [0, 0.1) is 6.92 Å². The summed E-state index contributed by atoms with van der Waals surface area (Å²) in [5, 5.41) is 0. The van der Waals surface area contributed by atoms with Crippen molar-refractivity contribution in [1.82, 2.24) is 4.98 Å². The van der Waals surface area contributed by atoms with Gasteiger partial charge in [-0.2, -0.15) is 0 Å². The van der Waals surface area contributed by atoms with Crippen LogP contribution in [0.4, 0.5) is 5.69 Å². The first-order chi connectivity index (χ1) is 12.3. The van der Waals surface area contributed by atoms with Gasteiger partial charge in [0, 0.05) is 37.6 Å². The standard InChI is InChI=1S/C17H20N2.C5H10O/c1-14-13-18-10-7-17(14)19-11-8-16(9-12-19)15-5-3-2-4-6-15;1-2-3-4-5-6/h2-7,10,13,16H,8-9,11-12H2,1H3;5H,2-4H2,1H3. The summed E-state index contributed by atoms with van der Waals surface area (Å²) in [5.41, 5.74) is 4.12. The first-order valence-electron chi connectivity index (χ1n) is 9.40. The number of carbonyl (C=O) groups excluding carboxylic acids is 1. The van der Waals surface area contributed by atoms with E-state index in [0.717, 1.165) is 44.6 Å². The Balaban J connectivity index is 0.000000326. The van der Waals surface area contributed by atoms with Crippen LogP contribution in [0.2, 0.25) is 0 Å². The summed E-state index contributed by atoms with van der Waals surface area (Å²) in [4.78, 5) is 16.2. The first kappa shape index (κ1) is 19.2. The fraction of sp³-hybridized carbons (Fsp3) is 0.455. The maximum absolute atomic E-state index is 9.56. The molecule has 1 fully saturated rings. The highest BCUT2D eigenvalue weighted by atomic mass is 16.1. The zero-order valence-electron chi connectivity index (χ0n) is 15.5. The van der Waals surface area contributed by atoms with Gasteiger partial charge < -0.3 is 9.69 Å². The summed E-state index contributed by atoms with van der Waals surface area (Å²) < 4.78 is 0. The van der Waals surface area contributed by atoms with Gasteiger partial charge in [0.15, 0.2) is 0 Å². The number of aromatic nitrogens is 1. The van der Waals surface area contributed by atoms with Gasteiger partial charge in [-0.3, -0.25) is 4.98 Å². The molecule has 134 valence electrons. The van der Waals surface area contributed by atoms with Crippen molar-refractivity contribution in [2.75, 3.05) is 18.0 Å². The van der Waals surface area contributed by atoms with Crippen molar-refractivity contribution in [2.45, 2.75) is 51.9 Å². The highest BCUT2D eigenvalue weighted by molar-refractivity contribution is 5.52. The van der Waals surface area contributed by atoms with Gasteiger partial charge in [-0.25, -0.2) is 0 Å². The van der Waals surface area contributed by atoms with Gasteiger partial charge in [-0.15, -0.1) is 0 Å². The number of hydrogen-bond acceptors (Lipinski definition) is 3. The summed E-state index contributed by atoms with van der Waals surface area (Å²) in [6, 6.07) is 13.1. The zero-order valence-corrected chi connectivity index (χ0v) is 15.5. The van der Waals surface area contributed by atoms with Gasteiger partial charge in [-0.05, 0) is 49.3 Å². The molecule has 0 aliphatic carbocycles. The molecule has 0 N–H and O–H groups in total. The van der Waals surface area contributed by atoms with Gasteiger partial charge in [-0.1, -0.05) is 43.7 Å². The third-order valence-electron chi connectivity index (χ3n) is 4.77. The second kappa shape index (κ2) is 10.7. The van der Waals surface area contributed by atoms with Crippen LogP contribution in [-0.2, 0) is 4.79 Å². The van der Waals surface area contributed by atoms with Gasteiger partial charge in [0.25, 0.3) is 0 Å². The lowest BCUT2D eigenvalue weighted by molar-refractivity contribution is -0.107. The number of nitrogens with zero attached hydrogens (tertiary/aromatic N) is 2. The summed E-state index contributed by atoms with van der Waals surface area (Å²) >= 11 is 0. The number of aldehydes is 1. The van der Waals surface area contributed by atoms with E-state index in [-0.39, 0.29) is 0 Å². The van der Waals surface area contributed by atoms with Gasteiger partial charge in [0.05, 0.1) is 0 Å².